The van der Waals surface area contributed by atoms with Gasteiger partial charge in [0.05, 0.1) is 23.4 Å². The number of ether oxygens (including phenoxy) is 1. The van der Waals surface area contributed by atoms with E-state index in [-0.39, 0.29) is 32.1 Å². The van der Waals surface area contributed by atoms with Crippen molar-refractivity contribution in [1.29, 1.82) is 0 Å². The molecule has 0 saturated heterocycles. The average Bonchev–Trinajstić information content (AvgIpc) is 2.75. The van der Waals surface area contributed by atoms with Crippen LogP contribution in [0.2, 0.25) is 10.0 Å². The van der Waals surface area contributed by atoms with Crippen molar-refractivity contribution in [2.45, 2.75) is 14.7 Å². The third kappa shape index (κ3) is 6.11. The topological polar surface area (TPSA) is 89.5 Å². The Bertz CT molecular complexity index is 1310. The minimum atomic E-state index is -4.01. The van der Waals surface area contributed by atoms with Crippen LogP contribution in [0, 0.1) is 0 Å². The van der Waals surface area contributed by atoms with Crippen LogP contribution in [0.1, 0.15) is 0 Å². The summed E-state index contributed by atoms with van der Waals surface area (Å²) < 4.78 is 58.7. The molecule has 0 aliphatic carbocycles. The fourth-order valence-corrected chi connectivity index (χ4v) is 7.13. The van der Waals surface area contributed by atoms with Gasteiger partial charge in [0.25, 0.3) is 10.0 Å². The summed E-state index contributed by atoms with van der Waals surface area (Å²) in [7, 11) is -6.14. The molecule has 0 aliphatic heterocycles. The molecule has 0 unspecified atom stereocenters. The Balaban J connectivity index is 1.76. The lowest BCUT2D eigenvalue weighted by molar-refractivity contribution is 0.403. The van der Waals surface area contributed by atoms with Crippen molar-refractivity contribution in [2.75, 3.05) is 23.3 Å². The first kappa shape index (κ1) is 24.7. The number of rotatable bonds is 9. The Kier molecular flexibility index (Phi) is 8.00. The molecule has 11 heteroatoms. The van der Waals surface area contributed by atoms with Crippen molar-refractivity contribution in [3.63, 3.8) is 0 Å². The van der Waals surface area contributed by atoms with Crippen LogP contribution in [0.5, 0.6) is 5.75 Å². The lowest BCUT2D eigenvalue weighted by Crippen LogP contribution is -2.15. The predicted molar refractivity (Wildman–Crippen MR) is 129 cm³/mol. The maximum Gasteiger partial charge on any atom is 0.265 e. The second-order valence-corrected chi connectivity index (χ2v) is 12.3. The third-order valence-electron chi connectivity index (χ3n) is 4.33. The molecule has 0 heterocycles. The van der Waals surface area contributed by atoms with Crippen molar-refractivity contribution in [2.24, 2.45) is 0 Å². The number of hydrogen-bond acceptors (Lipinski definition) is 6. The highest BCUT2D eigenvalue weighted by Gasteiger charge is 2.22. The first-order chi connectivity index (χ1) is 15.1. The zero-order valence-corrected chi connectivity index (χ0v) is 20.7. The van der Waals surface area contributed by atoms with Gasteiger partial charge >= 0.3 is 0 Å². The molecule has 0 aliphatic rings. The van der Waals surface area contributed by atoms with Crippen LogP contribution >= 0.6 is 35.0 Å². The summed E-state index contributed by atoms with van der Waals surface area (Å²) in [6.45, 7) is 0. The monoisotopic (exact) mass is 531 g/mol. The molecule has 3 aromatic rings. The van der Waals surface area contributed by atoms with E-state index in [1.807, 2.05) is 0 Å². The Morgan fingerprint density at radius 1 is 0.906 bits per heavy atom. The van der Waals surface area contributed by atoms with Crippen LogP contribution in [-0.2, 0) is 19.9 Å². The van der Waals surface area contributed by atoms with E-state index in [4.69, 9.17) is 27.9 Å². The summed E-state index contributed by atoms with van der Waals surface area (Å²) in [6, 6.07) is 17.0. The lowest BCUT2D eigenvalue weighted by atomic mass is 10.3. The largest absolute Gasteiger partial charge is 0.495 e. The number of sulfonamides is 1. The van der Waals surface area contributed by atoms with Gasteiger partial charge in [0, 0.05) is 20.7 Å². The van der Waals surface area contributed by atoms with Gasteiger partial charge in [0.2, 0.25) is 0 Å². The van der Waals surface area contributed by atoms with E-state index in [1.165, 1.54) is 61.3 Å². The van der Waals surface area contributed by atoms with Crippen LogP contribution in [0.3, 0.4) is 0 Å². The van der Waals surface area contributed by atoms with Gasteiger partial charge in [-0.2, -0.15) is 0 Å². The Labute approximate surface area is 201 Å². The van der Waals surface area contributed by atoms with E-state index in [1.54, 1.807) is 24.3 Å². The number of benzene rings is 3. The number of sulfone groups is 1. The molecular formula is C21H19Cl2NO5S3. The summed E-state index contributed by atoms with van der Waals surface area (Å²) in [5.41, 5.74) is 0.323. The zero-order chi connectivity index (χ0) is 23.4. The summed E-state index contributed by atoms with van der Waals surface area (Å²) in [5.74, 6) is 0.258. The van der Waals surface area contributed by atoms with E-state index in [9.17, 15) is 16.8 Å². The predicted octanol–water partition coefficient (Wildman–Crippen LogP) is 5.37. The van der Waals surface area contributed by atoms with Gasteiger partial charge in [-0.15, -0.1) is 11.8 Å². The Hall–Kier alpha value is -1.91. The second kappa shape index (κ2) is 10.4. The lowest BCUT2D eigenvalue weighted by Gasteiger charge is -2.14. The molecular weight excluding hydrogens is 513 g/mol. The average molecular weight is 532 g/mol. The molecule has 0 spiro atoms. The highest BCUT2D eigenvalue weighted by Crippen LogP contribution is 2.32. The van der Waals surface area contributed by atoms with Gasteiger partial charge in [-0.3, -0.25) is 4.72 Å². The SMILES string of the molecule is COc1ccc(Cl)cc1S(=O)(=O)Nc1ccccc1SCCS(=O)(=O)c1ccc(Cl)cc1. The fourth-order valence-electron chi connectivity index (χ4n) is 2.76. The van der Waals surface area contributed by atoms with Crippen LogP contribution in [-0.4, -0.2) is 35.5 Å². The minimum Gasteiger partial charge on any atom is -0.495 e. The highest BCUT2D eigenvalue weighted by atomic mass is 35.5. The summed E-state index contributed by atoms with van der Waals surface area (Å²) in [4.78, 5) is 0.672. The summed E-state index contributed by atoms with van der Waals surface area (Å²) in [5, 5.41) is 0.706. The Morgan fingerprint density at radius 3 is 2.25 bits per heavy atom. The molecule has 0 aromatic heterocycles. The van der Waals surface area contributed by atoms with E-state index in [0.29, 0.717) is 15.6 Å². The van der Waals surface area contributed by atoms with Crippen molar-refractivity contribution in [3.05, 3.63) is 76.8 Å². The molecule has 1 N–H and O–H groups in total. The zero-order valence-electron chi connectivity index (χ0n) is 16.8. The van der Waals surface area contributed by atoms with E-state index >= 15 is 0 Å². The molecule has 6 nitrogen and oxygen atoms in total. The molecule has 170 valence electrons. The molecule has 3 aromatic carbocycles. The number of methoxy groups -OCH3 is 1. The van der Waals surface area contributed by atoms with Crippen LogP contribution in [0.4, 0.5) is 5.69 Å². The third-order valence-corrected chi connectivity index (χ3v) is 9.27. The number of para-hydroxylation sites is 1. The van der Waals surface area contributed by atoms with Crippen LogP contribution in [0.25, 0.3) is 0 Å². The minimum absolute atomic E-state index is 0.0994. The number of nitrogens with one attached hydrogen (secondary N) is 1. The van der Waals surface area contributed by atoms with Crippen molar-refractivity contribution in [3.8, 4) is 5.75 Å². The van der Waals surface area contributed by atoms with Crippen LogP contribution < -0.4 is 9.46 Å². The highest BCUT2D eigenvalue weighted by molar-refractivity contribution is 8.01. The van der Waals surface area contributed by atoms with Gasteiger partial charge in [-0.05, 0) is 54.6 Å². The van der Waals surface area contributed by atoms with Gasteiger partial charge in [0.1, 0.15) is 10.6 Å². The maximum atomic E-state index is 13.0. The van der Waals surface area contributed by atoms with Crippen molar-refractivity contribution < 1.29 is 21.6 Å². The standard InChI is InChI=1S/C21H19Cl2NO5S3/c1-29-19-11-8-16(23)14-21(19)32(27,28)24-18-4-2-3-5-20(18)30-12-13-31(25,26)17-9-6-15(22)7-10-17/h2-11,14,24H,12-13H2,1H3. The first-order valence-electron chi connectivity index (χ1n) is 9.19. The molecule has 0 bridgehead atoms. The molecule has 0 fully saturated rings. The maximum absolute atomic E-state index is 13.0. The second-order valence-electron chi connectivity index (χ2n) is 6.52. The molecule has 0 radical (unpaired) electrons. The normalized spacial score (nSPS) is 11.8. The molecule has 0 saturated carbocycles. The number of hydrogen-bond donors (Lipinski definition) is 1. The van der Waals surface area contributed by atoms with Crippen molar-refractivity contribution in [1.82, 2.24) is 0 Å². The molecule has 0 atom stereocenters. The number of anilines is 1. The number of halogens is 2. The fraction of sp³-hybridized carbons (Fsp3) is 0.143. The first-order valence-corrected chi connectivity index (χ1v) is 14.1. The van der Waals surface area contributed by atoms with Crippen LogP contribution in [0.15, 0.2) is 81.4 Å². The summed E-state index contributed by atoms with van der Waals surface area (Å²) in [6.07, 6.45) is 0. The quantitative estimate of drug-likeness (QED) is 0.373. The van der Waals surface area contributed by atoms with Gasteiger partial charge in [-0.1, -0.05) is 35.3 Å². The van der Waals surface area contributed by atoms with Gasteiger partial charge in [0.15, 0.2) is 9.84 Å². The van der Waals surface area contributed by atoms with Crippen molar-refractivity contribution >= 4 is 60.5 Å². The van der Waals surface area contributed by atoms with Gasteiger partial charge in [-0.25, -0.2) is 16.8 Å². The van der Waals surface area contributed by atoms with Gasteiger partial charge < -0.3 is 4.74 Å². The van der Waals surface area contributed by atoms with E-state index < -0.39 is 19.9 Å². The molecule has 3 rings (SSSR count). The molecule has 32 heavy (non-hydrogen) atoms. The smallest absolute Gasteiger partial charge is 0.265 e. The van der Waals surface area contributed by atoms with E-state index in [2.05, 4.69) is 4.72 Å². The summed E-state index contributed by atoms with van der Waals surface area (Å²) >= 11 is 13.0. The number of thioether (sulfide) groups is 1. The molecule has 0 amide bonds. The van der Waals surface area contributed by atoms with E-state index in [0.717, 1.165) is 0 Å². The Morgan fingerprint density at radius 2 is 1.56 bits per heavy atom.